The minimum Gasteiger partial charge on any atom is -0.396 e. The Morgan fingerprint density at radius 3 is 3.07 bits per heavy atom. The molecule has 1 saturated heterocycles. The van der Waals surface area contributed by atoms with E-state index in [0.717, 1.165) is 29.9 Å². The van der Waals surface area contributed by atoms with Crippen molar-refractivity contribution < 1.29 is 5.11 Å². The van der Waals surface area contributed by atoms with Crippen LogP contribution in [0.15, 0.2) is 22.8 Å². The van der Waals surface area contributed by atoms with Crippen molar-refractivity contribution in [3.8, 4) is 0 Å². The van der Waals surface area contributed by atoms with Crippen LogP contribution in [0, 0.1) is 5.92 Å². The molecule has 14 heavy (non-hydrogen) atoms. The van der Waals surface area contributed by atoms with Gasteiger partial charge in [0.05, 0.1) is 0 Å². The normalized spacial score (nSPS) is 21.6. The van der Waals surface area contributed by atoms with Crippen molar-refractivity contribution in [1.82, 2.24) is 4.98 Å². The summed E-state index contributed by atoms with van der Waals surface area (Å²) in [6.45, 7) is 2.19. The van der Waals surface area contributed by atoms with Gasteiger partial charge in [-0.25, -0.2) is 4.98 Å². The van der Waals surface area contributed by atoms with Crippen molar-refractivity contribution in [3.63, 3.8) is 0 Å². The van der Waals surface area contributed by atoms with E-state index in [0.29, 0.717) is 5.92 Å². The number of aliphatic hydroxyl groups is 1. The van der Waals surface area contributed by atoms with Crippen LogP contribution in [-0.4, -0.2) is 29.8 Å². The summed E-state index contributed by atoms with van der Waals surface area (Å²) in [4.78, 5) is 6.60. The smallest absolute Gasteiger partial charge is 0.129 e. The summed E-state index contributed by atoms with van der Waals surface area (Å²) in [5, 5.41) is 9.03. The number of aliphatic hydroxyl groups excluding tert-OH is 1. The first kappa shape index (κ1) is 9.93. The predicted molar refractivity (Wildman–Crippen MR) is 59.3 cm³/mol. The van der Waals surface area contributed by atoms with Gasteiger partial charge in [0.1, 0.15) is 10.4 Å². The number of aromatic nitrogens is 1. The Hall–Kier alpha value is -0.610. The Labute approximate surface area is 91.9 Å². The molecule has 1 fully saturated rings. The first-order valence-electron chi connectivity index (χ1n) is 4.78. The highest BCUT2D eigenvalue weighted by molar-refractivity contribution is 9.10. The Bertz CT molecular complexity index is 319. The van der Waals surface area contributed by atoms with Crippen molar-refractivity contribution in [1.29, 1.82) is 0 Å². The van der Waals surface area contributed by atoms with Gasteiger partial charge < -0.3 is 10.0 Å². The van der Waals surface area contributed by atoms with Crippen molar-refractivity contribution in [2.24, 2.45) is 5.92 Å². The highest BCUT2D eigenvalue weighted by atomic mass is 79.9. The van der Waals surface area contributed by atoms with Crippen LogP contribution in [0.4, 0.5) is 5.82 Å². The largest absolute Gasteiger partial charge is 0.396 e. The van der Waals surface area contributed by atoms with E-state index >= 15 is 0 Å². The molecule has 76 valence electrons. The van der Waals surface area contributed by atoms with E-state index in [2.05, 4.69) is 25.8 Å². The van der Waals surface area contributed by atoms with E-state index in [-0.39, 0.29) is 6.61 Å². The van der Waals surface area contributed by atoms with Gasteiger partial charge in [-0.15, -0.1) is 0 Å². The summed E-state index contributed by atoms with van der Waals surface area (Å²) in [7, 11) is 0. The van der Waals surface area contributed by atoms with Crippen LogP contribution in [0.5, 0.6) is 0 Å². The lowest BCUT2D eigenvalue weighted by Gasteiger charge is -2.16. The first-order valence-corrected chi connectivity index (χ1v) is 5.57. The van der Waals surface area contributed by atoms with Gasteiger partial charge in [-0.2, -0.15) is 0 Å². The monoisotopic (exact) mass is 256 g/mol. The van der Waals surface area contributed by atoms with E-state index in [1.165, 1.54) is 0 Å². The van der Waals surface area contributed by atoms with Crippen LogP contribution in [0.25, 0.3) is 0 Å². The molecule has 0 radical (unpaired) electrons. The van der Waals surface area contributed by atoms with Crippen LogP contribution in [0.3, 0.4) is 0 Å². The van der Waals surface area contributed by atoms with Crippen molar-refractivity contribution in [2.75, 3.05) is 24.6 Å². The second kappa shape index (κ2) is 4.28. The first-order chi connectivity index (χ1) is 6.79. The number of pyridine rings is 1. The lowest BCUT2D eigenvalue weighted by atomic mass is 10.1. The molecule has 0 aromatic carbocycles. The average molecular weight is 257 g/mol. The molecular formula is C10H13BrN2O. The topological polar surface area (TPSA) is 36.4 Å². The van der Waals surface area contributed by atoms with E-state index in [9.17, 15) is 0 Å². The van der Waals surface area contributed by atoms with Gasteiger partial charge >= 0.3 is 0 Å². The molecule has 1 atom stereocenters. The Morgan fingerprint density at radius 1 is 1.57 bits per heavy atom. The highest BCUT2D eigenvalue weighted by Crippen LogP contribution is 2.22. The summed E-state index contributed by atoms with van der Waals surface area (Å²) in [5.41, 5.74) is 0. The van der Waals surface area contributed by atoms with Crippen LogP contribution >= 0.6 is 15.9 Å². The van der Waals surface area contributed by atoms with E-state index in [1.807, 2.05) is 18.2 Å². The SMILES string of the molecule is OC[C@@H]1CCN(c2cccc(Br)n2)C1. The zero-order valence-electron chi connectivity index (χ0n) is 7.86. The quantitative estimate of drug-likeness (QED) is 0.818. The van der Waals surface area contributed by atoms with Crippen molar-refractivity contribution in [2.45, 2.75) is 6.42 Å². The molecule has 0 unspecified atom stereocenters. The summed E-state index contributed by atoms with van der Waals surface area (Å²) < 4.78 is 0.863. The number of hydrogen-bond donors (Lipinski definition) is 1. The van der Waals surface area contributed by atoms with Crippen LogP contribution in [0.1, 0.15) is 6.42 Å². The lowest BCUT2D eigenvalue weighted by Crippen LogP contribution is -2.21. The average Bonchev–Trinajstić information content (AvgIpc) is 2.66. The van der Waals surface area contributed by atoms with Gasteiger partial charge in [-0.05, 0) is 34.5 Å². The third kappa shape index (κ3) is 2.07. The third-order valence-corrected chi connectivity index (χ3v) is 3.01. The van der Waals surface area contributed by atoms with Crippen LogP contribution in [0.2, 0.25) is 0 Å². The number of halogens is 1. The third-order valence-electron chi connectivity index (χ3n) is 2.57. The second-order valence-electron chi connectivity index (χ2n) is 3.60. The van der Waals surface area contributed by atoms with Gasteiger partial charge in [0.25, 0.3) is 0 Å². The zero-order valence-corrected chi connectivity index (χ0v) is 9.44. The Morgan fingerprint density at radius 2 is 2.43 bits per heavy atom. The molecule has 3 nitrogen and oxygen atoms in total. The second-order valence-corrected chi connectivity index (χ2v) is 4.41. The number of hydrogen-bond acceptors (Lipinski definition) is 3. The highest BCUT2D eigenvalue weighted by Gasteiger charge is 2.22. The fourth-order valence-electron chi connectivity index (χ4n) is 1.76. The van der Waals surface area contributed by atoms with Gasteiger partial charge in [0.15, 0.2) is 0 Å². The zero-order chi connectivity index (χ0) is 9.97. The summed E-state index contributed by atoms with van der Waals surface area (Å²) in [6, 6.07) is 5.91. The summed E-state index contributed by atoms with van der Waals surface area (Å²) in [5.74, 6) is 1.41. The molecule has 2 heterocycles. The van der Waals surface area contributed by atoms with Gasteiger partial charge in [-0.3, -0.25) is 0 Å². The van der Waals surface area contributed by atoms with Crippen LogP contribution < -0.4 is 4.90 Å². The van der Waals surface area contributed by atoms with Crippen LogP contribution in [-0.2, 0) is 0 Å². The van der Waals surface area contributed by atoms with E-state index in [1.54, 1.807) is 0 Å². The Balaban J connectivity index is 2.09. The molecule has 0 aliphatic carbocycles. The minimum absolute atomic E-state index is 0.282. The molecule has 2 rings (SSSR count). The molecule has 0 bridgehead atoms. The standard InChI is InChI=1S/C10H13BrN2O/c11-9-2-1-3-10(12-9)13-5-4-8(6-13)7-14/h1-3,8,14H,4-7H2/t8-/m1/s1. The fourth-order valence-corrected chi connectivity index (χ4v) is 2.10. The molecule has 1 aliphatic heterocycles. The Kier molecular flexibility index (Phi) is 3.03. The maximum absolute atomic E-state index is 9.03. The van der Waals surface area contributed by atoms with Gasteiger partial charge in [0, 0.05) is 25.6 Å². The number of rotatable bonds is 2. The minimum atomic E-state index is 0.282. The maximum atomic E-state index is 9.03. The number of nitrogens with zero attached hydrogens (tertiary/aromatic N) is 2. The molecule has 0 spiro atoms. The van der Waals surface area contributed by atoms with E-state index < -0.39 is 0 Å². The molecule has 0 saturated carbocycles. The lowest BCUT2D eigenvalue weighted by molar-refractivity contribution is 0.238. The molecule has 4 heteroatoms. The fraction of sp³-hybridized carbons (Fsp3) is 0.500. The summed E-state index contributed by atoms with van der Waals surface area (Å²) in [6.07, 6.45) is 1.06. The van der Waals surface area contributed by atoms with Gasteiger partial charge in [-0.1, -0.05) is 6.07 Å². The predicted octanol–water partition coefficient (Wildman–Crippen LogP) is 1.66. The molecule has 1 aliphatic rings. The molecule has 1 N–H and O–H groups in total. The van der Waals surface area contributed by atoms with Crippen molar-refractivity contribution >= 4 is 21.7 Å². The number of anilines is 1. The molecular weight excluding hydrogens is 244 g/mol. The summed E-state index contributed by atoms with van der Waals surface area (Å²) >= 11 is 3.35. The molecule has 0 amide bonds. The van der Waals surface area contributed by atoms with E-state index in [4.69, 9.17) is 5.11 Å². The molecule has 1 aromatic heterocycles. The molecule has 1 aromatic rings. The van der Waals surface area contributed by atoms with Gasteiger partial charge in [0.2, 0.25) is 0 Å². The van der Waals surface area contributed by atoms with Crippen molar-refractivity contribution in [3.05, 3.63) is 22.8 Å². The maximum Gasteiger partial charge on any atom is 0.129 e.